The lowest BCUT2D eigenvalue weighted by molar-refractivity contribution is 0.0766. The number of anilines is 1. The third-order valence-corrected chi connectivity index (χ3v) is 7.12. The number of aryl methyl sites for hydroxylation is 1. The van der Waals surface area contributed by atoms with Gasteiger partial charge in [0, 0.05) is 32.7 Å². The van der Waals surface area contributed by atoms with Crippen LogP contribution in [0.25, 0.3) is 0 Å². The molecule has 2 aromatic rings. The SMILES string of the molecule is Cc1nc(N2CCc3c(ccc(O)c3C)C2)sc1C(=O)N1CCCN(C)CC1. The number of thiazole rings is 1. The minimum Gasteiger partial charge on any atom is -0.508 e. The van der Waals surface area contributed by atoms with Crippen LogP contribution in [-0.4, -0.2) is 65.6 Å². The summed E-state index contributed by atoms with van der Waals surface area (Å²) < 4.78 is 0. The first kappa shape index (κ1) is 19.2. The van der Waals surface area contributed by atoms with Crippen LogP contribution < -0.4 is 4.90 Å². The topological polar surface area (TPSA) is 59.9 Å². The van der Waals surface area contributed by atoms with E-state index in [9.17, 15) is 9.90 Å². The van der Waals surface area contributed by atoms with Crippen LogP contribution >= 0.6 is 11.3 Å². The summed E-state index contributed by atoms with van der Waals surface area (Å²) in [6.45, 7) is 9.10. The third kappa shape index (κ3) is 3.61. The second-order valence-corrected chi connectivity index (χ2v) is 8.86. The first-order chi connectivity index (χ1) is 13.4. The Morgan fingerprint density at radius 1 is 1.14 bits per heavy atom. The van der Waals surface area contributed by atoms with Gasteiger partial charge in [-0.25, -0.2) is 4.98 Å². The van der Waals surface area contributed by atoms with E-state index in [-0.39, 0.29) is 5.91 Å². The molecule has 0 unspecified atom stereocenters. The van der Waals surface area contributed by atoms with Crippen LogP contribution in [-0.2, 0) is 13.0 Å². The number of nitrogens with zero attached hydrogens (tertiary/aromatic N) is 4. The van der Waals surface area contributed by atoms with Crippen molar-refractivity contribution >= 4 is 22.4 Å². The minimum absolute atomic E-state index is 0.120. The lowest BCUT2D eigenvalue weighted by Gasteiger charge is -2.29. The average Bonchev–Trinajstić information content (AvgIpc) is 2.94. The summed E-state index contributed by atoms with van der Waals surface area (Å²) in [5.41, 5.74) is 4.29. The van der Waals surface area contributed by atoms with Gasteiger partial charge in [0.1, 0.15) is 10.6 Å². The van der Waals surface area contributed by atoms with Gasteiger partial charge >= 0.3 is 0 Å². The normalized spacial score (nSPS) is 18.1. The molecular weight excluding hydrogens is 372 g/mol. The predicted octanol–water partition coefficient (Wildman–Crippen LogP) is 2.81. The van der Waals surface area contributed by atoms with Gasteiger partial charge in [-0.1, -0.05) is 17.4 Å². The van der Waals surface area contributed by atoms with Gasteiger partial charge in [-0.15, -0.1) is 0 Å². The number of aromatic nitrogens is 1. The van der Waals surface area contributed by atoms with E-state index in [1.807, 2.05) is 24.8 Å². The van der Waals surface area contributed by atoms with Crippen molar-refractivity contribution < 1.29 is 9.90 Å². The van der Waals surface area contributed by atoms with Gasteiger partial charge in [-0.05, 0) is 63.0 Å². The lowest BCUT2D eigenvalue weighted by atomic mass is 9.95. The van der Waals surface area contributed by atoms with E-state index < -0.39 is 0 Å². The van der Waals surface area contributed by atoms with E-state index in [4.69, 9.17) is 4.98 Å². The molecular formula is C21H28N4O2S. The highest BCUT2D eigenvalue weighted by Crippen LogP contribution is 2.33. The number of aromatic hydroxyl groups is 1. The van der Waals surface area contributed by atoms with Gasteiger partial charge in [0.25, 0.3) is 5.91 Å². The first-order valence-electron chi connectivity index (χ1n) is 9.94. The molecule has 1 amide bonds. The number of hydrogen-bond acceptors (Lipinski definition) is 6. The molecule has 0 aliphatic carbocycles. The van der Waals surface area contributed by atoms with Gasteiger partial charge in [0.2, 0.25) is 0 Å². The van der Waals surface area contributed by atoms with Crippen molar-refractivity contribution in [3.05, 3.63) is 39.4 Å². The molecule has 150 valence electrons. The standard InChI is InChI=1S/C21H28N4O2S/c1-14-17-7-10-25(13-16(17)5-6-18(14)26)21-22-15(2)19(28-21)20(27)24-9-4-8-23(3)11-12-24/h5-6,26H,4,7-13H2,1-3H3. The molecule has 0 bridgehead atoms. The van der Waals surface area contributed by atoms with Crippen LogP contribution in [0.5, 0.6) is 5.75 Å². The van der Waals surface area contributed by atoms with Gasteiger partial charge in [-0.3, -0.25) is 4.79 Å². The van der Waals surface area contributed by atoms with Crippen LogP contribution in [0.1, 0.15) is 38.5 Å². The Hall–Kier alpha value is -2.12. The van der Waals surface area contributed by atoms with Crippen molar-refractivity contribution in [3.63, 3.8) is 0 Å². The molecule has 7 heteroatoms. The number of phenols is 1. The molecule has 2 aliphatic rings. The largest absolute Gasteiger partial charge is 0.508 e. The van der Waals surface area contributed by atoms with Gasteiger partial charge in [0.15, 0.2) is 5.13 Å². The average molecular weight is 401 g/mol. The van der Waals surface area contributed by atoms with E-state index in [1.54, 1.807) is 6.07 Å². The number of amides is 1. The molecule has 1 saturated heterocycles. The van der Waals surface area contributed by atoms with E-state index in [0.29, 0.717) is 5.75 Å². The van der Waals surface area contributed by atoms with E-state index in [0.717, 1.165) is 73.4 Å². The maximum absolute atomic E-state index is 13.1. The van der Waals surface area contributed by atoms with E-state index in [1.165, 1.54) is 22.5 Å². The Morgan fingerprint density at radius 3 is 2.79 bits per heavy atom. The molecule has 2 aliphatic heterocycles. The summed E-state index contributed by atoms with van der Waals surface area (Å²) >= 11 is 1.52. The smallest absolute Gasteiger partial charge is 0.265 e. The van der Waals surface area contributed by atoms with Gasteiger partial charge in [-0.2, -0.15) is 0 Å². The Labute approximate surface area is 170 Å². The zero-order valence-corrected chi connectivity index (χ0v) is 17.7. The van der Waals surface area contributed by atoms with Gasteiger partial charge < -0.3 is 19.8 Å². The molecule has 0 atom stereocenters. The van der Waals surface area contributed by atoms with E-state index in [2.05, 4.69) is 16.8 Å². The van der Waals surface area contributed by atoms with Crippen molar-refractivity contribution in [2.75, 3.05) is 44.7 Å². The van der Waals surface area contributed by atoms with Crippen LogP contribution in [0.2, 0.25) is 0 Å². The molecule has 1 N–H and O–H groups in total. The van der Waals surface area contributed by atoms with Crippen LogP contribution in [0.15, 0.2) is 12.1 Å². The Morgan fingerprint density at radius 2 is 1.96 bits per heavy atom. The second kappa shape index (κ2) is 7.72. The summed E-state index contributed by atoms with van der Waals surface area (Å²) in [4.78, 5) is 25.1. The fourth-order valence-corrected chi connectivity index (χ4v) is 5.16. The number of rotatable bonds is 2. The highest BCUT2D eigenvalue weighted by atomic mass is 32.1. The third-order valence-electron chi connectivity index (χ3n) is 5.92. The summed E-state index contributed by atoms with van der Waals surface area (Å²) in [5.74, 6) is 0.489. The second-order valence-electron chi connectivity index (χ2n) is 7.88. The Kier molecular flexibility index (Phi) is 5.29. The lowest BCUT2D eigenvalue weighted by Crippen LogP contribution is -2.34. The number of carbonyl (C=O) groups excluding carboxylic acids is 1. The maximum Gasteiger partial charge on any atom is 0.265 e. The first-order valence-corrected chi connectivity index (χ1v) is 10.8. The Bertz CT molecular complexity index is 895. The van der Waals surface area contributed by atoms with Crippen LogP contribution in [0.3, 0.4) is 0 Å². The van der Waals surface area contributed by atoms with Crippen molar-refractivity contribution in [3.8, 4) is 5.75 Å². The number of phenolic OH excluding ortho intramolecular Hbond substituents is 1. The van der Waals surface area contributed by atoms with Gasteiger partial charge in [0.05, 0.1) is 5.69 Å². The molecule has 4 rings (SSSR count). The number of fused-ring (bicyclic) bond motifs is 1. The zero-order valence-electron chi connectivity index (χ0n) is 16.9. The molecule has 0 saturated carbocycles. The molecule has 0 radical (unpaired) electrons. The molecule has 1 aromatic heterocycles. The van der Waals surface area contributed by atoms with E-state index >= 15 is 0 Å². The highest BCUT2D eigenvalue weighted by Gasteiger charge is 2.26. The number of carbonyl (C=O) groups is 1. The van der Waals surface area contributed by atoms with Crippen molar-refractivity contribution in [2.24, 2.45) is 0 Å². The number of likely N-dealkylation sites (N-methyl/N-ethyl adjacent to an activating group) is 1. The van der Waals surface area contributed by atoms with Crippen LogP contribution in [0, 0.1) is 13.8 Å². The molecule has 0 spiro atoms. The number of benzene rings is 1. The summed E-state index contributed by atoms with van der Waals surface area (Å²) in [7, 11) is 2.11. The molecule has 1 fully saturated rings. The highest BCUT2D eigenvalue weighted by molar-refractivity contribution is 7.17. The quantitative estimate of drug-likeness (QED) is 0.840. The molecule has 1 aromatic carbocycles. The Balaban J connectivity index is 1.53. The summed E-state index contributed by atoms with van der Waals surface area (Å²) in [6.07, 6.45) is 1.90. The monoisotopic (exact) mass is 400 g/mol. The maximum atomic E-state index is 13.1. The molecule has 3 heterocycles. The predicted molar refractivity (Wildman–Crippen MR) is 112 cm³/mol. The van der Waals surface area contributed by atoms with Crippen molar-refractivity contribution in [1.29, 1.82) is 0 Å². The fourth-order valence-electron chi connectivity index (χ4n) is 4.10. The fraction of sp³-hybridized carbons (Fsp3) is 0.524. The molecule has 6 nitrogen and oxygen atoms in total. The summed E-state index contributed by atoms with van der Waals surface area (Å²) in [5, 5.41) is 10.9. The van der Waals surface area contributed by atoms with Crippen molar-refractivity contribution in [1.82, 2.24) is 14.8 Å². The van der Waals surface area contributed by atoms with Crippen molar-refractivity contribution in [2.45, 2.75) is 33.2 Å². The zero-order chi connectivity index (χ0) is 19.8. The summed E-state index contributed by atoms with van der Waals surface area (Å²) in [6, 6.07) is 3.78. The van der Waals surface area contributed by atoms with Crippen LogP contribution in [0.4, 0.5) is 5.13 Å². The molecule has 28 heavy (non-hydrogen) atoms. The minimum atomic E-state index is 0.120. The number of hydrogen-bond donors (Lipinski definition) is 1.